The van der Waals surface area contributed by atoms with Gasteiger partial charge in [0.15, 0.2) is 5.69 Å². The van der Waals surface area contributed by atoms with Gasteiger partial charge in [0.05, 0.1) is 18.4 Å². The topological polar surface area (TPSA) is 56.0 Å². The van der Waals surface area contributed by atoms with E-state index in [4.69, 9.17) is 0 Å². The smallest absolute Gasteiger partial charge is 0.274 e. The van der Waals surface area contributed by atoms with Gasteiger partial charge in [-0.3, -0.25) is 9.48 Å². The van der Waals surface area contributed by atoms with Crippen molar-refractivity contribution < 1.29 is 9.18 Å². The van der Waals surface area contributed by atoms with Gasteiger partial charge in [-0.2, -0.15) is 10.2 Å². The number of halogens is 1. The molecule has 0 fully saturated rings. The highest BCUT2D eigenvalue weighted by molar-refractivity contribution is 5.92. The van der Waals surface area contributed by atoms with Crippen LogP contribution >= 0.6 is 0 Å². The third-order valence-electron chi connectivity index (χ3n) is 4.54. The van der Waals surface area contributed by atoms with Gasteiger partial charge in [0.1, 0.15) is 5.82 Å². The van der Waals surface area contributed by atoms with Crippen molar-refractivity contribution in [2.24, 2.45) is 0 Å². The quantitative estimate of drug-likeness (QED) is 0.507. The number of amides is 1. The Kier molecular flexibility index (Phi) is 5.20. The minimum atomic E-state index is -0.315. The maximum atomic E-state index is 13.1. The van der Waals surface area contributed by atoms with Gasteiger partial charge in [-0.1, -0.05) is 30.3 Å². The highest BCUT2D eigenvalue weighted by atomic mass is 19.1. The first-order chi connectivity index (χ1) is 14.1. The molecule has 0 saturated carbocycles. The summed E-state index contributed by atoms with van der Waals surface area (Å²) in [5.41, 5.74) is 3.12. The summed E-state index contributed by atoms with van der Waals surface area (Å²) in [6.45, 7) is 1.11. The molecule has 0 saturated heterocycles. The molecule has 0 aliphatic carbocycles. The molecule has 0 spiro atoms. The number of carbonyl (C=O) groups is 1. The van der Waals surface area contributed by atoms with Crippen molar-refractivity contribution in [1.82, 2.24) is 24.5 Å². The maximum Gasteiger partial charge on any atom is 0.274 e. The molecule has 4 aromatic rings. The van der Waals surface area contributed by atoms with Gasteiger partial charge in [0, 0.05) is 31.5 Å². The van der Waals surface area contributed by atoms with Crippen LogP contribution in [0.4, 0.5) is 4.39 Å². The molecule has 0 aliphatic rings. The monoisotopic (exact) mass is 389 g/mol. The van der Waals surface area contributed by atoms with Gasteiger partial charge in [0.2, 0.25) is 0 Å². The first kappa shape index (κ1) is 18.6. The zero-order valence-corrected chi connectivity index (χ0v) is 15.9. The number of hydrogen-bond donors (Lipinski definition) is 0. The second-order valence-corrected chi connectivity index (χ2v) is 6.81. The molecule has 7 heteroatoms. The Morgan fingerprint density at radius 2 is 1.79 bits per heavy atom. The van der Waals surface area contributed by atoms with Crippen LogP contribution in [0.1, 0.15) is 21.6 Å². The summed E-state index contributed by atoms with van der Waals surface area (Å²) in [5.74, 6) is -0.508. The normalized spacial score (nSPS) is 10.8. The van der Waals surface area contributed by atoms with E-state index in [0.29, 0.717) is 24.5 Å². The Balaban J connectivity index is 1.40. The summed E-state index contributed by atoms with van der Waals surface area (Å²) in [6, 6.07) is 17.7. The highest BCUT2D eigenvalue weighted by Gasteiger charge is 2.16. The fourth-order valence-corrected chi connectivity index (χ4v) is 3.06. The number of benzene rings is 2. The van der Waals surface area contributed by atoms with Crippen LogP contribution < -0.4 is 0 Å². The van der Waals surface area contributed by atoms with E-state index < -0.39 is 0 Å². The predicted molar refractivity (Wildman–Crippen MR) is 107 cm³/mol. The van der Waals surface area contributed by atoms with Crippen molar-refractivity contribution in [1.29, 1.82) is 0 Å². The van der Waals surface area contributed by atoms with Crippen molar-refractivity contribution in [2.75, 3.05) is 7.05 Å². The first-order valence-corrected chi connectivity index (χ1v) is 9.21. The molecule has 0 aliphatic heterocycles. The van der Waals surface area contributed by atoms with E-state index in [1.165, 1.54) is 12.1 Å². The van der Waals surface area contributed by atoms with Gasteiger partial charge < -0.3 is 4.90 Å². The highest BCUT2D eigenvalue weighted by Crippen LogP contribution is 2.12. The minimum absolute atomic E-state index is 0.193. The van der Waals surface area contributed by atoms with Crippen LogP contribution in [0.25, 0.3) is 5.69 Å². The van der Waals surface area contributed by atoms with Crippen molar-refractivity contribution >= 4 is 5.91 Å². The van der Waals surface area contributed by atoms with E-state index in [2.05, 4.69) is 22.3 Å². The van der Waals surface area contributed by atoms with Crippen LogP contribution in [0.15, 0.2) is 79.3 Å². The Morgan fingerprint density at radius 1 is 1.03 bits per heavy atom. The molecule has 2 aromatic heterocycles. The first-order valence-electron chi connectivity index (χ1n) is 9.21. The number of nitrogens with zero attached hydrogens (tertiary/aromatic N) is 5. The van der Waals surface area contributed by atoms with Gasteiger partial charge >= 0.3 is 0 Å². The molecule has 6 nitrogen and oxygen atoms in total. The third-order valence-corrected chi connectivity index (χ3v) is 4.54. The zero-order chi connectivity index (χ0) is 20.2. The number of rotatable bonds is 6. The molecule has 4 rings (SSSR count). The van der Waals surface area contributed by atoms with E-state index in [1.54, 1.807) is 47.2 Å². The summed E-state index contributed by atoms with van der Waals surface area (Å²) in [4.78, 5) is 14.3. The average Bonchev–Trinajstić information content (AvgIpc) is 3.39. The van der Waals surface area contributed by atoms with Crippen molar-refractivity contribution in [3.8, 4) is 5.69 Å². The van der Waals surface area contributed by atoms with Crippen LogP contribution in [0.3, 0.4) is 0 Å². The molecular weight excluding hydrogens is 369 g/mol. The van der Waals surface area contributed by atoms with Crippen LogP contribution in [0.5, 0.6) is 0 Å². The fourth-order valence-electron chi connectivity index (χ4n) is 3.06. The minimum Gasteiger partial charge on any atom is -0.336 e. The molecule has 0 radical (unpaired) electrons. The van der Waals surface area contributed by atoms with Crippen molar-refractivity contribution in [2.45, 2.75) is 13.1 Å². The molecular formula is C22H20FN5O. The Bertz CT molecular complexity index is 1100. The van der Waals surface area contributed by atoms with Crippen LogP contribution in [0.2, 0.25) is 0 Å². The van der Waals surface area contributed by atoms with Crippen LogP contribution in [-0.2, 0) is 13.1 Å². The standard InChI is InChI=1S/C22H20FN5O/c1-26(14-18-13-24-27(16-18)15-17-5-3-2-4-6-17)22(29)21-11-12-28(25-21)20-9-7-19(23)8-10-20/h2-13,16H,14-15H2,1H3. The van der Waals surface area contributed by atoms with Crippen LogP contribution in [-0.4, -0.2) is 37.4 Å². The molecule has 146 valence electrons. The van der Waals surface area contributed by atoms with Crippen molar-refractivity contribution in [3.05, 3.63) is 102 Å². The second kappa shape index (κ2) is 8.10. The summed E-state index contributed by atoms with van der Waals surface area (Å²) in [6.07, 6.45) is 5.39. The summed E-state index contributed by atoms with van der Waals surface area (Å²) >= 11 is 0. The lowest BCUT2D eigenvalue weighted by atomic mass is 10.2. The summed E-state index contributed by atoms with van der Waals surface area (Å²) in [5, 5.41) is 8.69. The number of carbonyl (C=O) groups excluding carboxylic acids is 1. The molecule has 0 bridgehead atoms. The number of hydrogen-bond acceptors (Lipinski definition) is 3. The summed E-state index contributed by atoms with van der Waals surface area (Å²) in [7, 11) is 1.73. The lowest BCUT2D eigenvalue weighted by Crippen LogP contribution is -2.26. The Labute approximate surface area is 167 Å². The van der Waals surface area contributed by atoms with Crippen LogP contribution in [0, 0.1) is 5.82 Å². The lowest BCUT2D eigenvalue weighted by molar-refractivity contribution is 0.0779. The predicted octanol–water partition coefficient (Wildman–Crippen LogP) is 3.53. The molecule has 2 heterocycles. The Hall–Kier alpha value is -3.74. The summed E-state index contributed by atoms with van der Waals surface area (Å²) < 4.78 is 16.5. The van der Waals surface area contributed by atoms with Gasteiger partial charge in [-0.25, -0.2) is 9.07 Å². The molecule has 0 N–H and O–H groups in total. The molecule has 0 unspecified atom stereocenters. The molecule has 29 heavy (non-hydrogen) atoms. The Morgan fingerprint density at radius 3 is 2.55 bits per heavy atom. The van der Waals surface area contributed by atoms with Gasteiger partial charge in [-0.15, -0.1) is 0 Å². The third kappa shape index (κ3) is 4.40. The second-order valence-electron chi connectivity index (χ2n) is 6.81. The number of aromatic nitrogens is 4. The lowest BCUT2D eigenvalue weighted by Gasteiger charge is -2.14. The van der Waals surface area contributed by atoms with Gasteiger partial charge in [0.25, 0.3) is 5.91 Å². The SMILES string of the molecule is CN(Cc1cnn(Cc2ccccc2)c1)C(=O)c1ccn(-c2ccc(F)cc2)n1. The fraction of sp³-hybridized carbons (Fsp3) is 0.136. The average molecular weight is 389 g/mol. The molecule has 1 amide bonds. The zero-order valence-electron chi connectivity index (χ0n) is 15.9. The van der Waals surface area contributed by atoms with Crippen molar-refractivity contribution in [3.63, 3.8) is 0 Å². The molecule has 2 aromatic carbocycles. The van der Waals surface area contributed by atoms with E-state index >= 15 is 0 Å². The van der Waals surface area contributed by atoms with E-state index in [0.717, 1.165) is 11.1 Å². The van der Waals surface area contributed by atoms with Gasteiger partial charge in [-0.05, 0) is 35.9 Å². The molecule has 0 atom stereocenters. The largest absolute Gasteiger partial charge is 0.336 e. The maximum absolute atomic E-state index is 13.1. The van der Waals surface area contributed by atoms with E-state index in [1.807, 2.05) is 29.1 Å². The van der Waals surface area contributed by atoms with E-state index in [9.17, 15) is 9.18 Å². The van der Waals surface area contributed by atoms with E-state index in [-0.39, 0.29) is 11.7 Å².